The molecule has 2 atom stereocenters. The van der Waals surface area contributed by atoms with Crippen LogP contribution < -0.4 is 21.6 Å². The topological polar surface area (TPSA) is 108 Å². The van der Waals surface area contributed by atoms with E-state index >= 15 is 0 Å². The molecule has 0 bridgehead atoms. The number of methoxy groups -OCH3 is 1. The first kappa shape index (κ1) is 14.5. The Balaban J connectivity index is 2.12. The molecule has 20 heavy (non-hydrogen) atoms. The first-order chi connectivity index (χ1) is 9.55. The summed E-state index contributed by atoms with van der Waals surface area (Å²) in [5, 5.41) is 0. The van der Waals surface area contributed by atoms with Gasteiger partial charge in [-0.2, -0.15) is 0 Å². The minimum Gasteiger partial charge on any atom is -0.468 e. The lowest BCUT2D eigenvalue weighted by Gasteiger charge is -2.16. The fourth-order valence-electron chi connectivity index (χ4n) is 2.25. The summed E-state index contributed by atoms with van der Waals surface area (Å²) in [6.07, 6.45) is 0.435. The van der Waals surface area contributed by atoms with Crippen molar-refractivity contribution < 1.29 is 14.3 Å². The van der Waals surface area contributed by atoms with Crippen LogP contribution in [0.2, 0.25) is 0 Å². The Morgan fingerprint density at radius 3 is 3.05 bits per heavy atom. The standard InChI is InChI=1S/C12H18N4O4/c1-7-5-10(17)16(12(14-7)19-2)6-8-3-4-9(20-8)11(18)15-13/h5,8-9H,3-4,6,13H2,1-2H3,(H,15,18). The second kappa shape index (κ2) is 6.02. The molecule has 110 valence electrons. The van der Waals surface area contributed by atoms with Gasteiger partial charge in [0.05, 0.1) is 19.8 Å². The minimum atomic E-state index is -0.565. The second-order valence-electron chi connectivity index (χ2n) is 4.67. The van der Waals surface area contributed by atoms with E-state index in [0.29, 0.717) is 25.1 Å². The second-order valence-corrected chi connectivity index (χ2v) is 4.67. The molecule has 0 aromatic carbocycles. The fraction of sp³-hybridized carbons (Fsp3) is 0.583. The molecule has 8 nitrogen and oxygen atoms in total. The Bertz CT molecular complexity index is 557. The molecule has 8 heteroatoms. The van der Waals surface area contributed by atoms with Gasteiger partial charge in [-0.3, -0.25) is 19.6 Å². The summed E-state index contributed by atoms with van der Waals surface area (Å²) in [6.45, 7) is 2.02. The third-order valence-corrected chi connectivity index (χ3v) is 3.21. The molecule has 2 heterocycles. The van der Waals surface area contributed by atoms with Crippen LogP contribution in [0.3, 0.4) is 0 Å². The molecule has 2 unspecified atom stereocenters. The Labute approximate surface area is 115 Å². The molecule has 0 saturated carbocycles. The minimum absolute atomic E-state index is 0.204. The number of nitrogens with one attached hydrogen (secondary N) is 1. The van der Waals surface area contributed by atoms with E-state index in [4.69, 9.17) is 15.3 Å². The van der Waals surface area contributed by atoms with Crippen molar-refractivity contribution in [2.75, 3.05) is 7.11 Å². The largest absolute Gasteiger partial charge is 0.468 e. The summed E-state index contributed by atoms with van der Waals surface area (Å²) in [5.41, 5.74) is 2.45. The highest BCUT2D eigenvalue weighted by molar-refractivity contribution is 5.80. The number of hydrogen-bond donors (Lipinski definition) is 2. The van der Waals surface area contributed by atoms with Crippen LogP contribution in [0.5, 0.6) is 6.01 Å². The normalized spacial score (nSPS) is 21.8. The van der Waals surface area contributed by atoms with E-state index in [1.54, 1.807) is 6.92 Å². The highest BCUT2D eigenvalue weighted by Gasteiger charge is 2.31. The Hall–Kier alpha value is -1.93. The number of rotatable bonds is 4. The zero-order valence-corrected chi connectivity index (χ0v) is 11.5. The number of aromatic nitrogens is 2. The molecule has 1 saturated heterocycles. The van der Waals surface area contributed by atoms with Crippen LogP contribution >= 0.6 is 0 Å². The van der Waals surface area contributed by atoms with Crippen molar-refractivity contribution in [1.82, 2.24) is 15.0 Å². The maximum absolute atomic E-state index is 12.0. The van der Waals surface area contributed by atoms with Gasteiger partial charge in [0, 0.05) is 11.8 Å². The monoisotopic (exact) mass is 282 g/mol. The molecule has 1 aliphatic rings. The molecule has 1 amide bonds. The van der Waals surface area contributed by atoms with E-state index in [0.717, 1.165) is 0 Å². The quantitative estimate of drug-likeness (QED) is 0.421. The van der Waals surface area contributed by atoms with E-state index in [1.165, 1.54) is 17.7 Å². The van der Waals surface area contributed by atoms with Gasteiger partial charge in [-0.25, -0.2) is 10.8 Å². The van der Waals surface area contributed by atoms with Crippen LogP contribution in [0, 0.1) is 6.92 Å². The van der Waals surface area contributed by atoms with Gasteiger partial charge in [0.1, 0.15) is 6.10 Å². The van der Waals surface area contributed by atoms with E-state index in [1.807, 2.05) is 0 Å². The lowest BCUT2D eigenvalue weighted by Crippen LogP contribution is -2.39. The maximum Gasteiger partial charge on any atom is 0.299 e. The maximum atomic E-state index is 12.0. The van der Waals surface area contributed by atoms with Crippen LogP contribution in [-0.4, -0.2) is 34.8 Å². The average molecular weight is 282 g/mol. The summed E-state index contributed by atoms with van der Waals surface area (Å²) < 4.78 is 12.1. The van der Waals surface area contributed by atoms with Gasteiger partial charge < -0.3 is 9.47 Å². The van der Waals surface area contributed by atoms with Gasteiger partial charge in [0.25, 0.3) is 17.5 Å². The Morgan fingerprint density at radius 1 is 1.65 bits per heavy atom. The Kier molecular flexibility index (Phi) is 4.35. The predicted octanol–water partition coefficient (Wildman–Crippen LogP) is -0.902. The van der Waals surface area contributed by atoms with Gasteiger partial charge in [-0.15, -0.1) is 0 Å². The molecular weight excluding hydrogens is 264 g/mol. The first-order valence-corrected chi connectivity index (χ1v) is 6.33. The smallest absolute Gasteiger partial charge is 0.299 e. The summed E-state index contributed by atoms with van der Waals surface area (Å²) in [4.78, 5) is 27.5. The van der Waals surface area contributed by atoms with Crippen LogP contribution in [-0.2, 0) is 16.1 Å². The fourth-order valence-corrected chi connectivity index (χ4v) is 2.25. The zero-order chi connectivity index (χ0) is 14.7. The van der Waals surface area contributed by atoms with Crippen molar-refractivity contribution in [2.24, 2.45) is 5.84 Å². The third-order valence-electron chi connectivity index (χ3n) is 3.21. The Morgan fingerprint density at radius 2 is 2.40 bits per heavy atom. The van der Waals surface area contributed by atoms with Gasteiger partial charge in [-0.05, 0) is 19.8 Å². The lowest BCUT2D eigenvalue weighted by molar-refractivity contribution is -0.132. The van der Waals surface area contributed by atoms with Gasteiger partial charge in [-0.1, -0.05) is 0 Å². The van der Waals surface area contributed by atoms with Crippen molar-refractivity contribution in [3.63, 3.8) is 0 Å². The van der Waals surface area contributed by atoms with Gasteiger partial charge in [0.2, 0.25) is 0 Å². The molecule has 2 rings (SSSR count). The van der Waals surface area contributed by atoms with Crippen LogP contribution in [0.25, 0.3) is 0 Å². The van der Waals surface area contributed by atoms with Crippen molar-refractivity contribution in [3.05, 3.63) is 22.1 Å². The highest BCUT2D eigenvalue weighted by Crippen LogP contribution is 2.21. The van der Waals surface area contributed by atoms with Crippen molar-refractivity contribution >= 4 is 5.91 Å². The van der Waals surface area contributed by atoms with Gasteiger partial charge >= 0.3 is 0 Å². The van der Waals surface area contributed by atoms with Crippen LogP contribution in [0.4, 0.5) is 0 Å². The number of nitrogens with zero attached hydrogens (tertiary/aromatic N) is 2. The first-order valence-electron chi connectivity index (χ1n) is 6.33. The number of aryl methyl sites for hydroxylation is 1. The predicted molar refractivity (Wildman–Crippen MR) is 70.0 cm³/mol. The number of hydrogen-bond acceptors (Lipinski definition) is 6. The molecule has 0 aliphatic carbocycles. The van der Waals surface area contributed by atoms with E-state index < -0.39 is 6.10 Å². The molecule has 3 N–H and O–H groups in total. The zero-order valence-electron chi connectivity index (χ0n) is 11.5. The summed E-state index contributed by atoms with van der Waals surface area (Å²) in [7, 11) is 1.46. The number of carbonyl (C=O) groups is 1. The van der Waals surface area contributed by atoms with Gasteiger partial charge in [0.15, 0.2) is 0 Å². The molecule has 1 fully saturated rings. The summed E-state index contributed by atoms with van der Waals surface area (Å²) >= 11 is 0. The SMILES string of the molecule is COc1nc(C)cc(=O)n1CC1CCC(C(=O)NN)O1. The van der Waals surface area contributed by atoms with Crippen LogP contribution in [0.15, 0.2) is 10.9 Å². The molecule has 1 aromatic rings. The number of hydrazine groups is 1. The van der Waals surface area contributed by atoms with E-state index in [2.05, 4.69) is 10.4 Å². The lowest BCUT2D eigenvalue weighted by atomic mass is 10.2. The molecule has 0 spiro atoms. The average Bonchev–Trinajstić information content (AvgIpc) is 2.89. The van der Waals surface area contributed by atoms with Crippen molar-refractivity contribution in [2.45, 2.75) is 38.5 Å². The number of ether oxygens (including phenoxy) is 2. The highest BCUT2D eigenvalue weighted by atomic mass is 16.5. The number of carbonyl (C=O) groups excluding carboxylic acids is 1. The van der Waals surface area contributed by atoms with E-state index in [9.17, 15) is 9.59 Å². The van der Waals surface area contributed by atoms with Crippen molar-refractivity contribution in [3.8, 4) is 6.01 Å². The van der Waals surface area contributed by atoms with Crippen molar-refractivity contribution in [1.29, 1.82) is 0 Å². The molecular formula is C12H18N4O4. The summed E-state index contributed by atoms with van der Waals surface area (Å²) in [5.74, 6) is 4.72. The number of amides is 1. The third kappa shape index (κ3) is 2.97. The molecule has 1 aliphatic heterocycles. The summed E-state index contributed by atoms with van der Waals surface area (Å²) in [6, 6.07) is 1.67. The number of nitrogens with two attached hydrogens (primary N) is 1. The van der Waals surface area contributed by atoms with Crippen LogP contribution in [0.1, 0.15) is 18.5 Å². The molecule has 1 aromatic heterocycles. The van der Waals surface area contributed by atoms with E-state index in [-0.39, 0.29) is 23.6 Å². The molecule has 0 radical (unpaired) electrons.